The highest BCUT2D eigenvalue weighted by atomic mass is 79.9. The maximum atomic E-state index is 12.7. The minimum absolute atomic E-state index is 0.108. The third kappa shape index (κ3) is 6.81. The van der Waals surface area contributed by atoms with Crippen molar-refractivity contribution < 1.29 is 19.1 Å². The highest BCUT2D eigenvalue weighted by molar-refractivity contribution is 9.10. The molecule has 0 aromatic heterocycles. The molecule has 1 aromatic carbocycles. The molecular formula is C16H21BrN2O4. The van der Waals surface area contributed by atoms with E-state index in [-0.39, 0.29) is 30.7 Å². The molecule has 23 heavy (non-hydrogen) atoms. The molecule has 0 heterocycles. The number of halogens is 1. The molecule has 0 unspecified atom stereocenters. The fourth-order valence-corrected chi connectivity index (χ4v) is 2.44. The van der Waals surface area contributed by atoms with Crippen LogP contribution in [-0.2, 0) is 14.3 Å². The van der Waals surface area contributed by atoms with E-state index in [1.807, 2.05) is 6.07 Å². The fourth-order valence-electron chi connectivity index (χ4n) is 1.98. The van der Waals surface area contributed by atoms with Crippen molar-refractivity contribution in [3.63, 3.8) is 0 Å². The van der Waals surface area contributed by atoms with Gasteiger partial charge in [0, 0.05) is 31.0 Å². The highest BCUT2D eigenvalue weighted by Crippen LogP contribution is 2.18. The Morgan fingerprint density at radius 3 is 2.52 bits per heavy atom. The van der Waals surface area contributed by atoms with Gasteiger partial charge in [0.25, 0.3) is 5.91 Å². The third-order valence-electron chi connectivity index (χ3n) is 3.18. The summed E-state index contributed by atoms with van der Waals surface area (Å²) in [5, 5.41) is 2.69. The van der Waals surface area contributed by atoms with Crippen LogP contribution in [0.5, 0.6) is 0 Å². The van der Waals surface area contributed by atoms with Crippen LogP contribution in [0, 0.1) is 0 Å². The molecule has 0 fully saturated rings. The van der Waals surface area contributed by atoms with E-state index in [9.17, 15) is 14.4 Å². The van der Waals surface area contributed by atoms with Crippen molar-refractivity contribution in [1.29, 1.82) is 0 Å². The van der Waals surface area contributed by atoms with Gasteiger partial charge < -0.3 is 15.0 Å². The Hall–Kier alpha value is -1.89. The van der Waals surface area contributed by atoms with Crippen molar-refractivity contribution in [2.75, 3.05) is 26.7 Å². The van der Waals surface area contributed by atoms with Crippen molar-refractivity contribution in [3.8, 4) is 0 Å². The Balaban J connectivity index is 2.72. The average Bonchev–Trinajstić information content (AvgIpc) is 2.53. The summed E-state index contributed by atoms with van der Waals surface area (Å²) in [5.74, 6) is -0.635. The van der Waals surface area contributed by atoms with Gasteiger partial charge in [0.15, 0.2) is 0 Å². The molecule has 0 bridgehead atoms. The van der Waals surface area contributed by atoms with E-state index in [0.29, 0.717) is 29.5 Å². The molecule has 2 amide bonds. The summed E-state index contributed by atoms with van der Waals surface area (Å²) in [5.41, 5.74) is 0.539. The first-order chi connectivity index (χ1) is 11.0. The number of methoxy groups -OCH3 is 1. The van der Waals surface area contributed by atoms with Gasteiger partial charge in [-0.3, -0.25) is 14.4 Å². The lowest BCUT2D eigenvalue weighted by Crippen LogP contribution is -2.36. The molecule has 0 aliphatic carbocycles. The van der Waals surface area contributed by atoms with E-state index < -0.39 is 0 Å². The van der Waals surface area contributed by atoms with Crippen LogP contribution in [0.25, 0.3) is 0 Å². The van der Waals surface area contributed by atoms with E-state index in [0.717, 1.165) is 0 Å². The van der Waals surface area contributed by atoms with Gasteiger partial charge in [-0.25, -0.2) is 0 Å². The monoisotopic (exact) mass is 384 g/mol. The topological polar surface area (TPSA) is 75.7 Å². The Bertz CT molecular complexity index is 563. The Morgan fingerprint density at radius 2 is 1.91 bits per heavy atom. The number of benzene rings is 1. The number of hydrogen-bond donors (Lipinski definition) is 1. The summed E-state index contributed by atoms with van der Waals surface area (Å²) < 4.78 is 5.33. The zero-order valence-electron chi connectivity index (χ0n) is 13.3. The number of ether oxygens (including phenoxy) is 1. The predicted octanol–water partition coefficient (Wildman–Crippen LogP) is 1.98. The molecule has 0 saturated heterocycles. The summed E-state index contributed by atoms with van der Waals surface area (Å²) in [4.78, 5) is 36.5. The number of esters is 1. The van der Waals surface area contributed by atoms with Gasteiger partial charge in [0.2, 0.25) is 5.91 Å². The molecule has 0 radical (unpaired) electrons. The lowest BCUT2D eigenvalue weighted by Gasteiger charge is -2.23. The minimum Gasteiger partial charge on any atom is -0.469 e. The normalized spacial score (nSPS) is 10.0. The van der Waals surface area contributed by atoms with Crippen LogP contribution in [0.2, 0.25) is 0 Å². The van der Waals surface area contributed by atoms with Crippen LogP contribution >= 0.6 is 15.9 Å². The number of amides is 2. The van der Waals surface area contributed by atoms with Crippen LogP contribution < -0.4 is 5.32 Å². The van der Waals surface area contributed by atoms with E-state index in [4.69, 9.17) is 0 Å². The van der Waals surface area contributed by atoms with Crippen LogP contribution in [0.3, 0.4) is 0 Å². The summed E-state index contributed by atoms with van der Waals surface area (Å²) >= 11 is 3.36. The van der Waals surface area contributed by atoms with Crippen LogP contribution in [-0.4, -0.2) is 49.4 Å². The predicted molar refractivity (Wildman–Crippen MR) is 90.0 cm³/mol. The van der Waals surface area contributed by atoms with E-state index in [1.165, 1.54) is 14.0 Å². The Morgan fingerprint density at radius 1 is 1.22 bits per heavy atom. The molecule has 0 atom stereocenters. The quantitative estimate of drug-likeness (QED) is 0.549. The Labute approximate surface area is 144 Å². The molecule has 0 spiro atoms. The highest BCUT2D eigenvalue weighted by Gasteiger charge is 2.18. The molecular weight excluding hydrogens is 364 g/mol. The summed E-state index contributed by atoms with van der Waals surface area (Å²) in [6, 6.07) is 7.14. The van der Waals surface area contributed by atoms with Crippen LogP contribution in [0.15, 0.2) is 28.7 Å². The summed E-state index contributed by atoms with van der Waals surface area (Å²) in [6.45, 7) is 2.64. The lowest BCUT2D eigenvalue weighted by molar-refractivity contribution is -0.140. The summed E-state index contributed by atoms with van der Waals surface area (Å²) in [6.07, 6.45) is 0.740. The maximum absolute atomic E-state index is 12.7. The molecule has 126 valence electrons. The van der Waals surface area contributed by atoms with Crippen molar-refractivity contribution >= 4 is 33.7 Å². The molecule has 7 heteroatoms. The number of carbonyl (C=O) groups excluding carboxylic acids is 3. The lowest BCUT2D eigenvalue weighted by atomic mass is 10.2. The van der Waals surface area contributed by atoms with Gasteiger partial charge in [0.1, 0.15) is 0 Å². The smallest absolute Gasteiger partial charge is 0.307 e. The van der Waals surface area contributed by atoms with Gasteiger partial charge in [-0.05, 0) is 34.5 Å². The fraction of sp³-hybridized carbons (Fsp3) is 0.438. The first-order valence-electron chi connectivity index (χ1n) is 7.30. The number of carbonyl (C=O) groups is 3. The average molecular weight is 385 g/mol. The van der Waals surface area contributed by atoms with Crippen molar-refractivity contribution in [1.82, 2.24) is 10.2 Å². The van der Waals surface area contributed by atoms with E-state index in [1.54, 1.807) is 23.1 Å². The van der Waals surface area contributed by atoms with Gasteiger partial charge in [0.05, 0.1) is 19.1 Å². The number of rotatable bonds is 8. The standard InChI is InChI=1S/C16H21BrN2O4/c1-12(20)18-9-5-10-19(11-8-15(21)23-2)16(22)13-6-3-4-7-14(13)17/h3-4,6-7H,5,8-11H2,1-2H3,(H,18,20). The van der Waals surface area contributed by atoms with E-state index in [2.05, 4.69) is 26.0 Å². The summed E-state index contributed by atoms with van der Waals surface area (Å²) in [7, 11) is 1.32. The second-order valence-corrected chi connectivity index (χ2v) is 5.79. The molecule has 1 rings (SSSR count). The second kappa shape index (κ2) is 9.99. The third-order valence-corrected chi connectivity index (χ3v) is 3.88. The SMILES string of the molecule is COC(=O)CCN(CCCNC(C)=O)C(=O)c1ccccc1Br. The minimum atomic E-state index is -0.364. The van der Waals surface area contributed by atoms with E-state index >= 15 is 0 Å². The van der Waals surface area contributed by atoms with Gasteiger partial charge in [-0.1, -0.05) is 12.1 Å². The van der Waals surface area contributed by atoms with Crippen molar-refractivity contribution in [3.05, 3.63) is 34.3 Å². The molecule has 0 aliphatic heterocycles. The van der Waals surface area contributed by atoms with Gasteiger partial charge in [-0.15, -0.1) is 0 Å². The van der Waals surface area contributed by atoms with Crippen molar-refractivity contribution in [2.24, 2.45) is 0 Å². The molecule has 0 aliphatic rings. The van der Waals surface area contributed by atoms with Crippen LogP contribution in [0.1, 0.15) is 30.1 Å². The first-order valence-corrected chi connectivity index (χ1v) is 8.10. The molecule has 1 aromatic rings. The second-order valence-electron chi connectivity index (χ2n) is 4.93. The Kier molecular flexibility index (Phi) is 8.32. The molecule has 0 saturated carbocycles. The molecule has 1 N–H and O–H groups in total. The van der Waals surface area contributed by atoms with Gasteiger partial charge >= 0.3 is 5.97 Å². The van der Waals surface area contributed by atoms with Gasteiger partial charge in [-0.2, -0.15) is 0 Å². The van der Waals surface area contributed by atoms with Crippen molar-refractivity contribution in [2.45, 2.75) is 19.8 Å². The molecule has 6 nitrogen and oxygen atoms in total. The van der Waals surface area contributed by atoms with Crippen LogP contribution in [0.4, 0.5) is 0 Å². The first kappa shape index (κ1) is 19.2. The zero-order valence-corrected chi connectivity index (χ0v) is 14.9. The number of hydrogen-bond acceptors (Lipinski definition) is 4. The largest absolute Gasteiger partial charge is 0.469 e. The number of nitrogens with zero attached hydrogens (tertiary/aromatic N) is 1. The number of nitrogens with one attached hydrogen (secondary N) is 1. The maximum Gasteiger partial charge on any atom is 0.307 e. The zero-order chi connectivity index (χ0) is 17.2.